The number of nitrogens with one attached hydrogen (secondary N) is 2. The molecular weight excluding hydrogens is 354 g/mol. The molecule has 1 saturated heterocycles. The van der Waals surface area contributed by atoms with Crippen LogP contribution in [0.15, 0.2) is 53.4 Å². The van der Waals surface area contributed by atoms with Gasteiger partial charge in [0.15, 0.2) is 0 Å². The first kappa shape index (κ1) is 17.9. The lowest BCUT2D eigenvalue weighted by Crippen LogP contribution is -2.23. The monoisotopic (exact) mass is 373 g/mol. The van der Waals surface area contributed by atoms with Gasteiger partial charge in [0, 0.05) is 31.3 Å². The lowest BCUT2D eigenvalue weighted by atomic mass is 10.2. The molecule has 136 valence electrons. The van der Waals surface area contributed by atoms with Crippen LogP contribution in [0.1, 0.15) is 19.8 Å². The van der Waals surface area contributed by atoms with Crippen LogP contribution in [0.2, 0.25) is 0 Å². The summed E-state index contributed by atoms with van der Waals surface area (Å²) in [6.07, 6.45) is 1.31. The van der Waals surface area contributed by atoms with E-state index in [9.17, 15) is 18.0 Å². The molecule has 0 saturated carbocycles. The van der Waals surface area contributed by atoms with Crippen LogP contribution in [0.3, 0.4) is 0 Å². The Balaban J connectivity index is 1.79. The van der Waals surface area contributed by atoms with E-state index in [0.29, 0.717) is 30.0 Å². The minimum Gasteiger partial charge on any atom is -0.326 e. The van der Waals surface area contributed by atoms with Crippen molar-refractivity contribution < 1.29 is 18.0 Å². The predicted octanol–water partition coefficient (Wildman–Crippen LogP) is 2.57. The fourth-order valence-corrected chi connectivity index (χ4v) is 3.84. The van der Waals surface area contributed by atoms with Crippen LogP contribution < -0.4 is 14.9 Å². The number of amides is 2. The topological polar surface area (TPSA) is 95.6 Å². The highest BCUT2D eigenvalue weighted by molar-refractivity contribution is 7.92. The van der Waals surface area contributed by atoms with Gasteiger partial charge in [-0.2, -0.15) is 0 Å². The maximum atomic E-state index is 12.6. The molecule has 0 aromatic heterocycles. The van der Waals surface area contributed by atoms with Gasteiger partial charge in [-0.15, -0.1) is 0 Å². The lowest BCUT2D eigenvalue weighted by molar-refractivity contribution is -0.117. The number of hydrogen-bond donors (Lipinski definition) is 2. The Morgan fingerprint density at radius 3 is 2.42 bits per heavy atom. The SMILES string of the molecule is CC(=O)Nc1ccc(S(=O)(=O)Nc2cccc(N3CCCC3=O)c2)cc1. The van der Waals surface area contributed by atoms with Crippen LogP contribution in [0.5, 0.6) is 0 Å². The normalized spacial score (nSPS) is 14.3. The standard InChI is InChI=1S/C18H19N3O4S/c1-13(22)19-14-7-9-17(10-8-14)26(24,25)20-15-4-2-5-16(12-15)21-11-3-6-18(21)23/h2,4-5,7-10,12,20H,3,6,11H2,1H3,(H,19,22). The molecule has 0 spiro atoms. The third kappa shape index (κ3) is 4.02. The van der Waals surface area contributed by atoms with E-state index in [1.54, 1.807) is 29.2 Å². The van der Waals surface area contributed by atoms with Crippen molar-refractivity contribution in [3.63, 3.8) is 0 Å². The molecule has 1 aliphatic heterocycles. The summed E-state index contributed by atoms with van der Waals surface area (Å²) in [7, 11) is -3.78. The van der Waals surface area contributed by atoms with E-state index >= 15 is 0 Å². The quantitative estimate of drug-likeness (QED) is 0.842. The van der Waals surface area contributed by atoms with Crippen LogP contribution in [0, 0.1) is 0 Å². The Morgan fingerprint density at radius 1 is 1.08 bits per heavy atom. The van der Waals surface area contributed by atoms with Crippen LogP contribution in [-0.4, -0.2) is 26.8 Å². The second-order valence-electron chi connectivity index (χ2n) is 6.01. The Labute approximate surface area is 152 Å². The molecule has 1 fully saturated rings. The average molecular weight is 373 g/mol. The highest BCUT2D eigenvalue weighted by Gasteiger charge is 2.22. The molecule has 7 nitrogen and oxygen atoms in total. The highest BCUT2D eigenvalue weighted by Crippen LogP contribution is 2.26. The summed E-state index contributed by atoms with van der Waals surface area (Å²) in [6, 6.07) is 12.6. The van der Waals surface area contributed by atoms with Gasteiger partial charge >= 0.3 is 0 Å². The van der Waals surface area contributed by atoms with Gasteiger partial charge < -0.3 is 10.2 Å². The van der Waals surface area contributed by atoms with E-state index in [0.717, 1.165) is 6.42 Å². The minimum absolute atomic E-state index is 0.0403. The van der Waals surface area contributed by atoms with E-state index in [-0.39, 0.29) is 16.7 Å². The van der Waals surface area contributed by atoms with Crippen LogP contribution in [0.25, 0.3) is 0 Å². The molecule has 2 amide bonds. The average Bonchev–Trinajstić information content (AvgIpc) is 3.01. The van der Waals surface area contributed by atoms with Crippen molar-refractivity contribution in [1.82, 2.24) is 0 Å². The molecule has 0 unspecified atom stereocenters. The Kier molecular flexibility index (Phi) is 4.94. The van der Waals surface area contributed by atoms with Crippen LogP contribution >= 0.6 is 0 Å². The van der Waals surface area contributed by atoms with Crippen molar-refractivity contribution in [2.45, 2.75) is 24.7 Å². The van der Waals surface area contributed by atoms with Crippen molar-refractivity contribution in [3.05, 3.63) is 48.5 Å². The fraction of sp³-hybridized carbons (Fsp3) is 0.222. The smallest absolute Gasteiger partial charge is 0.261 e. The largest absolute Gasteiger partial charge is 0.326 e. The van der Waals surface area contributed by atoms with Crippen LogP contribution in [-0.2, 0) is 19.6 Å². The van der Waals surface area contributed by atoms with Gasteiger partial charge in [0.05, 0.1) is 10.6 Å². The van der Waals surface area contributed by atoms with Gasteiger partial charge in [0.25, 0.3) is 10.0 Å². The molecule has 0 radical (unpaired) electrons. The summed E-state index contributed by atoms with van der Waals surface area (Å²) in [4.78, 5) is 24.6. The van der Waals surface area contributed by atoms with E-state index in [2.05, 4.69) is 10.0 Å². The maximum Gasteiger partial charge on any atom is 0.261 e. The zero-order valence-corrected chi connectivity index (χ0v) is 15.0. The Morgan fingerprint density at radius 2 is 1.81 bits per heavy atom. The Bertz CT molecular complexity index is 939. The number of nitrogens with zero attached hydrogens (tertiary/aromatic N) is 1. The molecule has 1 heterocycles. The predicted molar refractivity (Wildman–Crippen MR) is 99.6 cm³/mol. The molecule has 2 aromatic carbocycles. The highest BCUT2D eigenvalue weighted by atomic mass is 32.2. The van der Waals surface area contributed by atoms with Gasteiger partial charge in [-0.05, 0) is 48.9 Å². The minimum atomic E-state index is -3.78. The number of carbonyl (C=O) groups is 2. The van der Waals surface area contributed by atoms with E-state index < -0.39 is 10.0 Å². The third-order valence-electron chi connectivity index (χ3n) is 3.97. The zero-order valence-electron chi connectivity index (χ0n) is 14.2. The summed E-state index contributed by atoms with van der Waals surface area (Å²) in [5.41, 5.74) is 1.58. The molecule has 0 aliphatic carbocycles. The second kappa shape index (κ2) is 7.17. The molecule has 2 aromatic rings. The van der Waals surface area contributed by atoms with E-state index in [1.807, 2.05) is 0 Å². The number of rotatable bonds is 5. The molecule has 1 aliphatic rings. The molecule has 2 N–H and O–H groups in total. The number of hydrogen-bond acceptors (Lipinski definition) is 4. The number of anilines is 3. The van der Waals surface area contributed by atoms with Crippen molar-refractivity contribution in [2.24, 2.45) is 0 Å². The van der Waals surface area contributed by atoms with Crippen molar-refractivity contribution in [2.75, 3.05) is 21.5 Å². The molecule has 26 heavy (non-hydrogen) atoms. The molecular formula is C18H19N3O4S. The van der Waals surface area contributed by atoms with Gasteiger partial charge in [-0.25, -0.2) is 8.42 Å². The van der Waals surface area contributed by atoms with Gasteiger partial charge in [0.2, 0.25) is 11.8 Å². The van der Waals surface area contributed by atoms with Crippen molar-refractivity contribution >= 4 is 38.9 Å². The summed E-state index contributed by atoms with van der Waals surface area (Å²) in [6.45, 7) is 2.02. The summed E-state index contributed by atoms with van der Waals surface area (Å²) < 4.78 is 27.6. The zero-order chi connectivity index (χ0) is 18.7. The molecule has 8 heteroatoms. The fourth-order valence-electron chi connectivity index (χ4n) is 2.79. The summed E-state index contributed by atoms with van der Waals surface area (Å²) in [5, 5.41) is 2.58. The van der Waals surface area contributed by atoms with Crippen molar-refractivity contribution in [3.8, 4) is 0 Å². The summed E-state index contributed by atoms with van der Waals surface area (Å²) in [5.74, 6) is -0.189. The Hall–Kier alpha value is -2.87. The van der Waals surface area contributed by atoms with Crippen molar-refractivity contribution in [1.29, 1.82) is 0 Å². The first-order valence-corrected chi connectivity index (χ1v) is 9.64. The molecule has 0 atom stereocenters. The molecule has 0 bridgehead atoms. The lowest BCUT2D eigenvalue weighted by Gasteiger charge is -2.17. The molecule has 3 rings (SSSR count). The first-order valence-electron chi connectivity index (χ1n) is 8.16. The number of carbonyl (C=O) groups excluding carboxylic acids is 2. The van der Waals surface area contributed by atoms with Crippen LogP contribution in [0.4, 0.5) is 17.1 Å². The summed E-state index contributed by atoms with van der Waals surface area (Å²) >= 11 is 0. The second-order valence-corrected chi connectivity index (χ2v) is 7.69. The van der Waals surface area contributed by atoms with E-state index in [4.69, 9.17) is 0 Å². The van der Waals surface area contributed by atoms with E-state index in [1.165, 1.54) is 31.2 Å². The van der Waals surface area contributed by atoms with Gasteiger partial charge in [0.1, 0.15) is 0 Å². The van der Waals surface area contributed by atoms with Gasteiger partial charge in [-0.1, -0.05) is 6.07 Å². The first-order chi connectivity index (χ1) is 12.3. The number of sulfonamides is 1. The maximum absolute atomic E-state index is 12.6. The van der Waals surface area contributed by atoms with Gasteiger partial charge in [-0.3, -0.25) is 14.3 Å². The third-order valence-corrected chi connectivity index (χ3v) is 5.37. The number of benzene rings is 2.